The van der Waals surface area contributed by atoms with Gasteiger partial charge in [0.1, 0.15) is 11.4 Å². The summed E-state index contributed by atoms with van der Waals surface area (Å²) in [5.74, 6) is -0.331. The monoisotopic (exact) mass is 457 g/mol. The van der Waals surface area contributed by atoms with Gasteiger partial charge in [0.25, 0.3) is 5.56 Å². The molecular weight excluding hydrogens is 433 g/mol. The summed E-state index contributed by atoms with van der Waals surface area (Å²) in [6.07, 6.45) is 5.41. The zero-order valence-electron chi connectivity index (χ0n) is 18.5. The van der Waals surface area contributed by atoms with E-state index in [1.807, 2.05) is 30.5 Å². The largest absolute Gasteiger partial charge is 0.422 e. The fourth-order valence-electron chi connectivity index (χ4n) is 5.34. The number of para-hydroxylation sites is 1. The van der Waals surface area contributed by atoms with Gasteiger partial charge >= 0.3 is 5.63 Å². The van der Waals surface area contributed by atoms with Gasteiger partial charge in [-0.15, -0.1) is 0 Å². The van der Waals surface area contributed by atoms with Gasteiger partial charge in [-0.25, -0.2) is 9.18 Å². The molecule has 0 unspecified atom stereocenters. The van der Waals surface area contributed by atoms with Gasteiger partial charge in [0.05, 0.1) is 23.1 Å². The van der Waals surface area contributed by atoms with Crippen LogP contribution in [0.3, 0.4) is 0 Å². The Bertz CT molecular complexity index is 1640. The maximum atomic E-state index is 13.9. The summed E-state index contributed by atoms with van der Waals surface area (Å²) in [4.78, 5) is 25.0. The van der Waals surface area contributed by atoms with Crippen molar-refractivity contribution in [3.05, 3.63) is 93.5 Å². The number of nitrogens with one attached hydrogen (secondary N) is 1. The second-order valence-corrected chi connectivity index (χ2v) is 9.05. The molecule has 0 atom stereocenters. The van der Waals surface area contributed by atoms with Crippen LogP contribution in [-0.4, -0.2) is 15.2 Å². The summed E-state index contributed by atoms with van der Waals surface area (Å²) in [6.45, 7) is 0.575. The van der Waals surface area contributed by atoms with E-state index in [0.29, 0.717) is 29.2 Å². The Morgan fingerprint density at radius 2 is 1.74 bits per heavy atom. The highest BCUT2D eigenvalue weighted by molar-refractivity contribution is 6.02. The van der Waals surface area contributed by atoms with Crippen molar-refractivity contribution < 1.29 is 8.81 Å². The van der Waals surface area contributed by atoms with Crippen LogP contribution >= 0.6 is 0 Å². The lowest BCUT2D eigenvalue weighted by Crippen LogP contribution is -2.36. The average Bonchev–Trinajstić information content (AvgIpc) is 3.28. The molecule has 1 saturated carbocycles. The van der Waals surface area contributed by atoms with E-state index in [2.05, 4.69) is 9.88 Å². The van der Waals surface area contributed by atoms with E-state index in [4.69, 9.17) is 4.42 Å². The van der Waals surface area contributed by atoms with Gasteiger partial charge in [-0.1, -0.05) is 12.1 Å². The molecule has 7 heteroatoms. The van der Waals surface area contributed by atoms with Crippen LogP contribution in [-0.2, 0) is 6.67 Å². The van der Waals surface area contributed by atoms with Crippen molar-refractivity contribution >= 4 is 32.8 Å². The second kappa shape index (κ2) is 8.25. The van der Waals surface area contributed by atoms with Gasteiger partial charge in [-0.2, -0.15) is 0 Å². The number of rotatable bonds is 4. The number of benzene rings is 2. The third kappa shape index (κ3) is 3.53. The molecule has 6 nitrogen and oxygen atoms in total. The SMILES string of the molecule is O=c1oc2ccccc2c2c1ccn2CNC1CCC(n2c(=O)ccc3ccc(F)cc32)CC1. The lowest BCUT2D eigenvalue weighted by atomic mass is 9.90. The lowest BCUT2D eigenvalue weighted by Gasteiger charge is -2.31. The van der Waals surface area contributed by atoms with Crippen LogP contribution in [0.25, 0.3) is 32.8 Å². The van der Waals surface area contributed by atoms with Crippen LogP contribution < -0.4 is 16.5 Å². The van der Waals surface area contributed by atoms with E-state index >= 15 is 0 Å². The topological polar surface area (TPSA) is 69.2 Å². The summed E-state index contributed by atoms with van der Waals surface area (Å²) in [6, 6.07) is 17.7. The fourth-order valence-corrected chi connectivity index (χ4v) is 5.34. The van der Waals surface area contributed by atoms with E-state index in [-0.39, 0.29) is 23.0 Å². The minimum atomic E-state index is -0.331. The molecule has 0 aliphatic heterocycles. The van der Waals surface area contributed by atoms with Crippen molar-refractivity contribution in [1.29, 1.82) is 0 Å². The Kier molecular flexibility index (Phi) is 5.07. The number of halogens is 1. The number of hydrogen-bond donors (Lipinski definition) is 1. The quantitative estimate of drug-likeness (QED) is 0.389. The Morgan fingerprint density at radius 3 is 2.59 bits per heavy atom. The van der Waals surface area contributed by atoms with Crippen molar-refractivity contribution in [1.82, 2.24) is 14.5 Å². The van der Waals surface area contributed by atoms with Gasteiger partial charge in [-0.3, -0.25) is 10.1 Å². The molecule has 2 aromatic carbocycles. The molecule has 0 saturated heterocycles. The van der Waals surface area contributed by atoms with Gasteiger partial charge in [0.15, 0.2) is 0 Å². The number of aromatic nitrogens is 2. The first kappa shape index (κ1) is 20.9. The predicted octanol–water partition coefficient (Wildman–Crippen LogP) is 4.93. The van der Waals surface area contributed by atoms with Crippen molar-refractivity contribution in [2.75, 3.05) is 0 Å². The molecule has 0 amide bonds. The minimum Gasteiger partial charge on any atom is -0.422 e. The zero-order valence-corrected chi connectivity index (χ0v) is 18.5. The molecular formula is C27H24FN3O3. The van der Waals surface area contributed by atoms with Gasteiger partial charge in [0, 0.05) is 29.7 Å². The first-order chi connectivity index (χ1) is 16.6. The molecule has 1 aliphatic carbocycles. The normalized spacial score (nSPS) is 18.7. The van der Waals surface area contributed by atoms with E-state index in [1.54, 1.807) is 28.8 Å². The summed E-state index contributed by atoms with van der Waals surface area (Å²) >= 11 is 0. The van der Waals surface area contributed by atoms with Crippen molar-refractivity contribution in [2.45, 2.75) is 44.4 Å². The second-order valence-electron chi connectivity index (χ2n) is 9.05. The molecule has 1 aliphatic rings. The molecule has 6 rings (SSSR count). The highest BCUT2D eigenvalue weighted by atomic mass is 19.1. The van der Waals surface area contributed by atoms with E-state index in [1.165, 1.54) is 12.1 Å². The highest BCUT2D eigenvalue weighted by Gasteiger charge is 2.24. The van der Waals surface area contributed by atoms with Crippen LogP contribution in [0, 0.1) is 5.82 Å². The maximum Gasteiger partial charge on any atom is 0.345 e. The number of pyridine rings is 1. The van der Waals surface area contributed by atoms with Crippen LogP contribution in [0.2, 0.25) is 0 Å². The smallest absolute Gasteiger partial charge is 0.345 e. The first-order valence-electron chi connectivity index (χ1n) is 11.6. The summed E-state index contributed by atoms with van der Waals surface area (Å²) in [5, 5.41) is 5.98. The Labute approximate surface area is 194 Å². The van der Waals surface area contributed by atoms with Crippen molar-refractivity contribution in [3.8, 4) is 0 Å². The molecule has 172 valence electrons. The van der Waals surface area contributed by atoms with E-state index < -0.39 is 0 Å². The number of fused-ring (bicyclic) bond motifs is 4. The Balaban J connectivity index is 1.20. The molecule has 34 heavy (non-hydrogen) atoms. The van der Waals surface area contributed by atoms with Gasteiger partial charge in [-0.05, 0) is 73.5 Å². The van der Waals surface area contributed by atoms with Crippen LogP contribution in [0.1, 0.15) is 31.7 Å². The summed E-state index contributed by atoms with van der Waals surface area (Å²) in [5.41, 5.74) is 1.70. The average molecular weight is 458 g/mol. The highest BCUT2D eigenvalue weighted by Crippen LogP contribution is 2.30. The molecule has 3 aromatic heterocycles. The predicted molar refractivity (Wildman–Crippen MR) is 131 cm³/mol. The van der Waals surface area contributed by atoms with Crippen LogP contribution in [0.5, 0.6) is 0 Å². The Hall–Kier alpha value is -3.71. The molecule has 0 bridgehead atoms. The molecule has 1 N–H and O–H groups in total. The summed E-state index contributed by atoms with van der Waals surface area (Å²) < 4.78 is 23.2. The zero-order chi connectivity index (χ0) is 23.2. The number of nitrogens with zero attached hydrogens (tertiary/aromatic N) is 2. The van der Waals surface area contributed by atoms with Crippen molar-refractivity contribution in [2.24, 2.45) is 0 Å². The number of hydrogen-bond acceptors (Lipinski definition) is 4. The molecule has 3 heterocycles. The fraction of sp³-hybridized carbons (Fsp3) is 0.259. The summed E-state index contributed by atoms with van der Waals surface area (Å²) in [7, 11) is 0. The molecule has 0 radical (unpaired) electrons. The third-order valence-corrected chi connectivity index (χ3v) is 7.04. The molecule has 0 spiro atoms. The standard InChI is InChI=1S/C27H24FN3O3/c28-18-7-5-17-6-12-25(32)31(23(17)15-18)20-10-8-19(9-11-20)29-16-30-14-13-22-26(30)21-3-1-2-4-24(21)34-27(22)33/h1-7,12-15,19-20,29H,8-11,16H2. The van der Waals surface area contributed by atoms with Gasteiger partial charge in [0.2, 0.25) is 0 Å². The van der Waals surface area contributed by atoms with E-state index in [0.717, 1.165) is 42.0 Å². The van der Waals surface area contributed by atoms with E-state index in [9.17, 15) is 14.0 Å². The van der Waals surface area contributed by atoms with Gasteiger partial charge < -0.3 is 13.6 Å². The van der Waals surface area contributed by atoms with Crippen LogP contribution in [0.15, 0.2) is 80.9 Å². The third-order valence-electron chi connectivity index (χ3n) is 7.04. The molecule has 1 fully saturated rings. The maximum absolute atomic E-state index is 13.9. The Morgan fingerprint density at radius 1 is 0.941 bits per heavy atom. The van der Waals surface area contributed by atoms with Crippen molar-refractivity contribution in [3.63, 3.8) is 0 Å². The molecule has 5 aromatic rings. The lowest BCUT2D eigenvalue weighted by molar-refractivity contribution is 0.281. The minimum absolute atomic E-state index is 0.0528. The van der Waals surface area contributed by atoms with Crippen LogP contribution in [0.4, 0.5) is 4.39 Å². The first-order valence-corrected chi connectivity index (χ1v) is 11.6.